The van der Waals surface area contributed by atoms with Crippen LogP contribution in [-0.2, 0) is 21.3 Å². The molecule has 1 atom stereocenters. The topological polar surface area (TPSA) is 64.4 Å². The van der Waals surface area contributed by atoms with Gasteiger partial charge >= 0.3 is 0 Å². The number of methoxy groups -OCH3 is 1. The number of aromatic nitrogens is 2. The minimum Gasteiger partial charge on any atom is -0.384 e. The number of ether oxygens (including phenoxy) is 1. The van der Waals surface area contributed by atoms with Gasteiger partial charge in [-0.2, -0.15) is 9.40 Å². The van der Waals surface area contributed by atoms with Crippen molar-refractivity contribution in [2.75, 3.05) is 26.8 Å². The second kappa shape index (κ2) is 6.66. The summed E-state index contributed by atoms with van der Waals surface area (Å²) in [6.45, 7) is 4.17. The summed E-state index contributed by atoms with van der Waals surface area (Å²) < 4.78 is 34.1. The average Bonchev–Trinajstić information content (AvgIpc) is 3.17. The maximum Gasteiger partial charge on any atom is 0.246 e. The van der Waals surface area contributed by atoms with Crippen molar-refractivity contribution in [1.29, 1.82) is 0 Å². The highest BCUT2D eigenvalue weighted by Gasteiger charge is 2.40. The van der Waals surface area contributed by atoms with Crippen LogP contribution in [0, 0.1) is 5.41 Å². The molecule has 0 aliphatic carbocycles. The molecule has 1 aromatic heterocycles. The van der Waals surface area contributed by atoms with E-state index >= 15 is 0 Å². The molecule has 6 nitrogen and oxygen atoms in total. The van der Waals surface area contributed by atoms with E-state index in [0.29, 0.717) is 26.2 Å². The zero-order valence-electron chi connectivity index (χ0n) is 14.1. The van der Waals surface area contributed by atoms with E-state index in [1.54, 1.807) is 18.0 Å². The zero-order chi connectivity index (χ0) is 17.2. The van der Waals surface area contributed by atoms with Crippen LogP contribution in [0.5, 0.6) is 0 Å². The van der Waals surface area contributed by atoms with Gasteiger partial charge in [0.15, 0.2) is 0 Å². The number of hydrogen-bond acceptors (Lipinski definition) is 4. The van der Waals surface area contributed by atoms with Gasteiger partial charge in [0, 0.05) is 31.8 Å². The van der Waals surface area contributed by atoms with Crippen LogP contribution in [0.3, 0.4) is 0 Å². The molecule has 1 fully saturated rings. The predicted molar refractivity (Wildman–Crippen MR) is 91.1 cm³/mol. The third kappa shape index (κ3) is 3.53. The molecule has 0 amide bonds. The van der Waals surface area contributed by atoms with Crippen LogP contribution < -0.4 is 0 Å². The summed E-state index contributed by atoms with van der Waals surface area (Å²) in [7, 11) is -1.86. The van der Waals surface area contributed by atoms with Crippen LogP contribution in [0.4, 0.5) is 0 Å². The van der Waals surface area contributed by atoms with E-state index in [4.69, 9.17) is 4.74 Å². The first-order valence-electron chi connectivity index (χ1n) is 7.98. The molecule has 24 heavy (non-hydrogen) atoms. The fraction of sp³-hybridized carbons (Fsp3) is 0.471. The van der Waals surface area contributed by atoms with Crippen molar-refractivity contribution in [3.05, 3.63) is 48.3 Å². The van der Waals surface area contributed by atoms with Crippen molar-refractivity contribution >= 4 is 10.0 Å². The molecular formula is C17H23N3O3S. The Hall–Kier alpha value is -1.70. The number of sulfonamides is 1. The van der Waals surface area contributed by atoms with Gasteiger partial charge in [0.05, 0.1) is 19.3 Å². The van der Waals surface area contributed by atoms with E-state index in [2.05, 4.69) is 12.0 Å². The molecule has 2 heterocycles. The summed E-state index contributed by atoms with van der Waals surface area (Å²) in [6.07, 6.45) is 3.84. The molecule has 1 saturated heterocycles. The molecule has 1 aromatic carbocycles. The molecule has 1 aliphatic rings. The molecule has 1 aliphatic heterocycles. The van der Waals surface area contributed by atoms with Gasteiger partial charge in [-0.25, -0.2) is 8.42 Å². The van der Waals surface area contributed by atoms with Crippen LogP contribution in [0.25, 0.3) is 0 Å². The molecule has 1 unspecified atom stereocenters. The van der Waals surface area contributed by atoms with Crippen LogP contribution in [0.1, 0.15) is 18.9 Å². The molecule has 2 aromatic rings. The molecule has 0 spiro atoms. The van der Waals surface area contributed by atoms with Crippen molar-refractivity contribution in [2.24, 2.45) is 5.41 Å². The fourth-order valence-electron chi connectivity index (χ4n) is 3.13. The Morgan fingerprint density at radius 1 is 1.29 bits per heavy atom. The lowest BCUT2D eigenvalue weighted by Gasteiger charge is -2.23. The number of benzene rings is 1. The molecule has 0 saturated carbocycles. The minimum atomic E-state index is -3.51. The molecule has 0 bridgehead atoms. The number of rotatable bonds is 6. The lowest BCUT2D eigenvalue weighted by molar-refractivity contribution is 0.102. The summed E-state index contributed by atoms with van der Waals surface area (Å²) in [5.74, 6) is 0. The lowest BCUT2D eigenvalue weighted by atomic mass is 9.91. The SMILES string of the molecule is COCC1(C)CCN(S(=O)(=O)c2cnn(Cc3ccccc3)c2)C1. The summed E-state index contributed by atoms with van der Waals surface area (Å²) in [4.78, 5) is 0.250. The van der Waals surface area contributed by atoms with Crippen molar-refractivity contribution in [1.82, 2.24) is 14.1 Å². The van der Waals surface area contributed by atoms with Crippen LogP contribution >= 0.6 is 0 Å². The Kier molecular flexibility index (Phi) is 4.76. The predicted octanol–water partition coefficient (Wildman–Crippen LogP) is 1.98. The van der Waals surface area contributed by atoms with Gasteiger partial charge in [-0.05, 0) is 12.0 Å². The molecule has 0 radical (unpaired) electrons. The Balaban J connectivity index is 1.74. The second-order valence-corrected chi connectivity index (χ2v) is 8.63. The van der Waals surface area contributed by atoms with Gasteiger partial charge in [-0.3, -0.25) is 4.68 Å². The molecular weight excluding hydrogens is 326 g/mol. The quantitative estimate of drug-likeness (QED) is 0.800. The highest BCUT2D eigenvalue weighted by molar-refractivity contribution is 7.89. The molecule has 7 heteroatoms. The maximum atomic E-state index is 12.8. The van der Waals surface area contributed by atoms with E-state index in [9.17, 15) is 8.42 Å². The highest BCUT2D eigenvalue weighted by Crippen LogP contribution is 2.33. The van der Waals surface area contributed by atoms with Crippen LogP contribution in [-0.4, -0.2) is 49.3 Å². The maximum absolute atomic E-state index is 12.8. The van der Waals surface area contributed by atoms with Crippen molar-refractivity contribution < 1.29 is 13.2 Å². The summed E-state index contributed by atoms with van der Waals surface area (Å²) in [5.41, 5.74) is 0.959. The third-order valence-corrected chi connectivity index (χ3v) is 6.25. The van der Waals surface area contributed by atoms with Crippen molar-refractivity contribution in [3.8, 4) is 0 Å². The third-order valence-electron chi connectivity index (χ3n) is 4.45. The van der Waals surface area contributed by atoms with E-state index in [1.807, 2.05) is 30.3 Å². The van der Waals surface area contributed by atoms with Crippen LogP contribution in [0.15, 0.2) is 47.6 Å². The smallest absolute Gasteiger partial charge is 0.246 e. The summed E-state index contributed by atoms with van der Waals surface area (Å²) in [6, 6.07) is 9.85. The highest BCUT2D eigenvalue weighted by atomic mass is 32.2. The van der Waals surface area contributed by atoms with Gasteiger partial charge in [0.25, 0.3) is 0 Å². The van der Waals surface area contributed by atoms with Gasteiger partial charge in [-0.1, -0.05) is 37.3 Å². The minimum absolute atomic E-state index is 0.123. The number of hydrogen-bond donors (Lipinski definition) is 0. The van der Waals surface area contributed by atoms with Gasteiger partial charge in [0.2, 0.25) is 10.0 Å². The van der Waals surface area contributed by atoms with E-state index < -0.39 is 10.0 Å². The van der Waals surface area contributed by atoms with Gasteiger partial charge in [0.1, 0.15) is 4.90 Å². The van der Waals surface area contributed by atoms with E-state index in [-0.39, 0.29) is 10.3 Å². The second-order valence-electron chi connectivity index (χ2n) is 6.69. The van der Waals surface area contributed by atoms with E-state index in [1.165, 1.54) is 10.5 Å². The van der Waals surface area contributed by atoms with Gasteiger partial charge < -0.3 is 4.74 Å². The fourth-order valence-corrected chi connectivity index (χ4v) is 4.68. The normalized spacial score (nSPS) is 22.1. The first-order chi connectivity index (χ1) is 11.4. The first kappa shape index (κ1) is 17.1. The Morgan fingerprint density at radius 2 is 2.04 bits per heavy atom. The first-order valence-corrected chi connectivity index (χ1v) is 9.42. The van der Waals surface area contributed by atoms with Crippen molar-refractivity contribution in [2.45, 2.75) is 24.8 Å². The summed E-state index contributed by atoms with van der Waals surface area (Å²) >= 11 is 0. The summed E-state index contributed by atoms with van der Waals surface area (Å²) in [5, 5.41) is 4.21. The van der Waals surface area contributed by atoms with Crippen molar-refractivity contribution in [3.63, 3.8) is 0 Å². The number of nitrogens with zero attached hydrogens (tertiary/aromatic N) is 3. The zero-order valence-corrected chi connectivity index (χ0v) is 14.9. The Labute approximate surface area is 143 Å². The van der Waals surface area contributed by atoms with Gasteiger partial charge in [-0.15, -0.1) is 0 Å². The molecule has 130 valence electrons. The average molecular weight is 349 g/mol. The lowest BCUT2D eigenvalue weighted by Crippen LogP contribution is -2.32. The Bertz CT molecular complexity index is 788. The standard InChI is InChI=1S/C17H23N3O3S/c1-17(14-23-2)8-9-20(13-17)24(21,22)16-10-18-19(12-16)11-15-6-4-3-5-7-15/h3-7,10,12H,8-9,11,13-14H2,1-2H3. The molecule has 3 rings (SSSR count). The van der Waals surface area contributed by atoms with Crippen LogP contribution in [0.2, 0.25) is 0 Å². The van der Waals surface area contributed by atoms with E-state index in [0.717, 1.165) is 12.0 Å². The molecule has 0 N–H and O–H groups in total. The largest absolute Gasteiger partial charge is 0.384 e. The monoisotopic (exact) mass is 349 g/mol. The Morgan fingerprint density at radius 3 is 2.75 bits per heavy atom.